The second kappa shape index (κ2) is 10.8. The van der Waals surface area contributed by atoms with Crippen molar-refractivity contribution in [3.05, 3.63) is 29.8 Å². The topological polar surface area (TPSA) is 133 Å². The number of anilines is 1. The van der Waals surface area contributed by atoms with E-state index in [1.54, 1.807) is 38.0 Å². The number of esters is 1. The number of aryl methyl sites for hydroxylation is 1. The standard InChI is InChI=1S/C25H29N5O6/c1-5-18-11-17(8-9-35-18)30(25(32)34-7-3)22-21-19(36-23(22)24(31)33-6-2)10-15(12-26)20(28-21)16-13-27-29(4)14-16/h10,13-14,17-18H,5-9,11H2,1-4H3. The van der Waals surface area contributed by atoms with E-state index in [2.05, 4.69) is 11.2 Å². The first kappa shape index (κ1) is 25.2. The van der Waals surface area contributed by atoms with Gasteiger partial charge in [0, 0.05) is 37.5 Å². The van der Waals surface area contributed by atoms with Gasteiger partial charge in [-0.25, -0.2) is 14.6 Å². The zero-order valence-electron chi connectivity index (χ0n) is 20.8. The zero-order chi connectivity index (χ0) is 25.8. The van der Waals surface area contributed by atoms with Crippen LogP contribution in [-0.4, -0.2) is 58.8 Å². The van der Waals surface area contributed by atoms with Crippen LogP contribution in [0.25, 0.3) is 22.4 Å². The number of hydrogen-bond acceptors (Lipinski definition) is 9. The van der Waals surface area contributed by atoms with Crippen LogP contribution in [-0.2, 0) is 21.3 Å². The van der Waals surface area contributed by atoms with E-state index in [9.17, 15) is 14.9 Å². The smallest absolute Gasteiger partial charge is 0.414 e. The van der Waals surface area contributed by atoms with E-state index < -0.39 is 12.1 Å². The van der Waals surface area contributed by atoms with E-state index in [1.807, 2.05) is 6.92 Å². The summed E-state index contributed by atoms with van der Waals surface area (Å²) < 4.78 is 24.0. The van der Waals surface area contributed by atoms with Crippen molar-refractivity contribution in [1.29, 1.82) is 5.26 Å². The monoisotopic (exact) mass is 495 g/mol. The normalized spacial score (nSPS) is 17.5. The molecule has 1 saturated heterocycles. The Hall–Kier alpha value is -3.91. The fourth-order valence-corrected chi connectivity index (χ4v) is 4.41. The van der Waals surface area contributed by atoms with Crippen molar-refractivity contribution in [2.45, 2.75) is 52.2 Å². The van der Waals surface area contributed by atoms with Crippen LogP contribution in [0.3, 0.4) is 0 Å². The van der Waals surface area contributed by atoms with Crippen molar-refractivity contribution in [1.82, 2.24) is 14.8 Å². The number of amides is 1. The molecule has 0 saturated carbocycles. The Morgan fingerprint density at radius 2 is 2.06 bits per heavy atom. The minimum atomic E-state index is -0.736. The molecule has 2 atom stereocenters. The summed E-state index contributed by atoms with van der Waals surface area (Å²) in [5, 5.41) is 14.0. The van der Waals surface area contributed by atoms with Crippen molar-refractivity contribution in [3.8, 4) is 17.3 Å². The number of pyridine rings is 1. The minimum absolute atomic E-state index is 0.0472. The van der Waals surface area contributed by atoms with Gasteiger partial charge in [-0.05, 0) is 33.1 Å². The Morgan fingerprint density at radius 3 is 2.69 bits per heavy atom. The Bertz CT molecular complexity index is 1310. The van der Waals surface area contributed by atoms with Crippen molar-refractivity contribution in [2.24, 2.45) is 7.05 Å². The van der Waals surface area contributed by atoms with Gasteiger partial charge in [0.25, 0.3) is 0 Å². The number of nitriles is 1. The highest BCUT2D eigenvalue weighted by Crippen LogP contribution is 2.39. The van der Waals surface area contributed by atoms with Crippen molar-refractivity contribution in [3.63, 3.8) is 0 Å². The molecule has 0 spiro atoms. The summed E-state index contributed by atoms with van der Waals surface area (Å²) in [5.41, 5.74) is 1.82. The van der Waals surface area contributed by atoms with E-state index >= 15 is 0 Å². The maximum absolute atomic E-state index is 13.4. The number of fused-ring (bicyclic) bond motifs is 1. The Kier molecular flexibility index (Phi) is 7.55. The van der Waals surface area contributed by atoms with Gasteiger partial charge < -0.3 is 18.6 Å². The van der Waals surface area contributed by atoms with Crippen molar-refractivity contribution < 1.29 is 28.2 Å². The zero-order valence-corrected chi connectivity index (χ0v) is 20.8. The number of furan rings is 1. The summed E-state index contributed by atoms with van der Waals surface area (Å²) in [5.74, 6) is -0.903. The highest BCUT2D eigenvalue weighted by molar-refractivity contribution is 6.09. The lowest BCUT2D eigenvalue weighted by atomic mass is 9.99. The van der Waals surface area contributed by atoms with Gasteiger partial charge >= 0.3 is 12.1 Å². The minimum Gasteiger partial charge on any atom is -0.460 e. The fraction of sp³-hybridized carbons (Fsp3) is 0.480. The van der Waals surface area contributed by atoms with Crippen molar-refractivity contribution >= 4 is 28.8 Å². The third-order valence-corrected chi connectivity index (χ3v) is 6.06. The molecule has 0 N–H and O–H groups in total. The van der Waals surface area contributed by atoms with Gasteiger partial charge in [0.2, 0.25) is 5.76 Å². The summed E-state index contributed by atoms with van der Waals surface area (Å²) in [6.07, 6.45) is 4.52. The molecule has 36 heavy (non-hydrogen) atoms. The average molecular weight is 496 g/mol. The molecule has 0 radical (unpaired) electrons. The molecule has 4 heterocycles. The molecule has 1 aliphatic rings. The molecule has 1 fully saturated rings. The number of rotatable bonds is 7. The number of carbonyl (C=O) groups excluding carboxylic acids is 2. The van der Waals surface area contributed by atoms with Crippen LogP contribution in [0.1, 0.15) is 56.2 Å². The average Bonchev–Trinajstić information content (AvgIpc) is 3.47. The Labute approximate surface area is 208 Å². The molecular formula is C25H29N5O6. The molecular weight excluding hydrogens is 466 g/mol. The molecule has 3 aromatic heterocycles. The fourth-order valence-electron chi connectivity index (χ4n) is 4.41. The molecule has 0 aliphatic carbocycles. The van der Waals surface area contributed by atoms with E-state index in [0.29, 0.717) is 30.7 Å². The third kappa shape index (κ3) is 4.77. The predicted molar refractivity (Wildman–Crippen MR) is 129 cm³/mol. The van der Waals surface area contributed by atoms with Gasteiger partial charge in [-0.1, -0.05) is 6.92 Å². The number of aromatic nitrogens is 3. The second-order valence-electron chi connectivity index (χ2n) is 8.39. The number of nitrogens with zero attached hydrogens (tertiary/aromatic N) is 5. The van der Waals surface area contributed by atoms with Crippen LogP contribution in [0, 0.1) is 11.3 Å². The van der Waals surface area contributed by atoms with Gasteiger partial charge in [0.15, 0.2) is 5.58 Å². The molecule has 0 bridgehead atoms. The lowest BCUT2D eigenvalue weighted by molar-refractivity contribution is 0.00465. The second-order valence-corrected chi connectivity index (χ2v) is 8.39. The summed E-state index contributed by atoms with van der Waals surface area (Å²) in [6.45, 7) is 6.13. The highest BCUT2D eigenvalue weighted by atomic mass is 16.6. The molecule has 0 aromatic carbocycles. The number of hydrogen-bond donors (Lipinski definition) is 0. The van der Waals surface area contributed by atoms with Crippen molar-refractivity contribution in [2.75, 3.05) is 24.7 Å². The first-order valence-corrected chi connectivity index (χ1v) is 12.0. The molecule has 11 heteroatoms. The van der Waals surface area contributed by atoms with Crippen LogP contribution in [0.4, 0.5) is 10.5 Å². The van der Waals surface area contributed by atoms with E-state index in [4.69, 9.17) is 23.6 Å². The lowest BCUT2D eigenvalue weighted by Crippen LogP contribution is -2.46. The number of carbonyl (C=O) groups is 2. The van der Waals surface area contributed by atoms with Crippen LogP contribution in [0.15, 0.2) is 22.9 Å². The van der Waals surface area contributed by atoms with E-state index in [-0.39, 0.29) is 53.5 Å². The Morgan fingerprint density at radius 1 is 1.28 bits per heavy atom. The highest BCUT2D eigenvalue weighted by Gasteiger charge is 2.38. The van der Waals surface area contributed by atoms with Gasteiger partial charge in [-0.15, -0.1) is 0 Å². The molecule has 1 aliphatic heterocycles. The lowest BCUT2D eigenvalue weighted by Gasteiger charge is -2.36. The molecule has 2 unspecified atom stereocenters. The maximum atomic E-state index is 13.4. The largest absolute Gasteiger partial charge is 0.460 e. The van der Waals surface area contributed by atoms with E-state index in [0.717, 1.165) is 6.42 Å². The van der Waals surface area contributed by atoms with Crippen LogP contribution in [0.5, 0.6) is 0 Å². The summed E-state index contributed by atoms with van der Waals surface area (Å²) >= 11 is 0. The van der Waals surface area contributed by atoms with Gasteiger partial charge in [0.1, 0.15) is 17.3 Å². The number of ether oxygens (including phenoxy) is 3. The van der Waals surface area contributed by atoms with Gasteiger partial charge in [0.05, 0.1) is 36.8 Å². The molecule has 4 rings (SSSR count). The molecule has 1 amide bonds. The summed E-state index contributed by atoms with van der Waals surface area (Å²) in [7, 11) is 1.76. The summed E-state index contributed by atoms with van der Waals surface area (Å²) in [6, 6.07) is 3.32. The van der Waals surface area contributed by atoms with E-state index in [1.165, 1.54) is 11.0 Å². The Balaban J connectivity index is 1.98. The quantitative estimate of drug-likeness (QED) is 0.442. The third-order valence-electron chi connectivity index (χ3n) is 6.06. The maximum Gasteiger partial charge on any atom is 0.414 e. The summed E-state index contributed by atoms with van der Waals surface area (Å²) in [4.78, 5) is 32.6. The first-order chi connectivity index (χ1) is 17.4. The van der Waals surface area contributed by atoms with Crippen LogP contribution in [0.2, 0.25) is 0 Å². The molecule has 11 nitrogen and oxygen atoms in total. The predicted octanol–water partition coefficient (Wildman–Crippen LogP) is 4.20. The molecule has 3 aromatic rings. The van der Waals surface area contributed by atoms with Crippen LogP contribution < -0.4 is 4.90 Å². The van der Waals surface area contributed by atoms with Gasteiger partial charge in [-0.2, -0.15) is 10.4 Å². The first-order valence-electron chi connectivity index (χ1n) is 12.0. The molecule has 190 valence electrons. The van der Waals surface area contributed by atoms with Crippen LogP contribution >= 0.6 is 0 Å². The SMILES string of the molecule is CCOC(=O)c1oc2cc(C#N)c(-c3cnn(C)c3)nc2c1N(C(=O)OCC)C1CCOC(CC)C1. The van der Waals surface area contributed by atoms with Gasteiger partial charge in [-0.3, -0.25) is 9.58 Å².